The zero-order chi connectivity index (χ0) is 14.2. The van der Waals surface area contributed by atoms with Gasteiger partial charge in [0.1, 0.15) is 5.75 Å². The Kier molecular flexibility index (Phi) is 6.09. The minimum absolute atomic E-state index is 0.180. The molecule has 2 rings (SSSR count). The second-order valence-corrected chi connectivity index (χ2v) is 5.65. The third-order valence-electron chi connectivity index (χ3n) is 3.26. The van der Waals surface area contributed by atoms with Crippen molar-refractivity contribution in [2.75, 3.05) is 13.2 Å². The van der Waals surface area contributed by atoms with Gasteiger partial charge in [-0.2, -0.15) is 0 Å². The summed E-state index contributed by atoms with van der Waals surface area (Å²) in [5.74, 6) is 1.10. The third kappa shape index (κ3) is 4.66. The monoisotopic (exact) mass is 334 g/mol. The SMILES string of the molecule is OCC(CCOc1ccccc1)Cc1ccccc1Br. The van der Waals surface area contributed by atoms with Gasteiger partial charge in [0.2, 0.25) is 0 Å². The van der Waals surface area contributed by atoms with Crippen molar-refractivity contribution in [2.24, 2.45) is 5.92 Å². The van der Waals surface area contributed by atoms with Gasteiger partial charge in [0, 0.05) is 11.1 Å². The molecule has 0 aromatic heterocycles. The number of aliphatic hydroxyl groups is 1. The lowest BCUT2D eigenvalue weighted by molar-refractivity contribution is 0.190. The highest BCUT2D eigenvalue weighted by molar-refractivity contribution is 9.10. The largest absolute Gasteiger partial charge is 0.494 e. The predicted molar refractivity (Wildman–Crippen MR) is 85.0 cm³/mol. The van der Waals surface area contributed by atoms with Crippen LogP contribution in [-0.2, 0) is 6.42 Å². The van der Waals surface area contributed by atoms with Crippen LogP contribution in [0.3, 0.4) is 0 Å². The van der Waals surface area contributed by atoms with E-state index in [0.29, 0.717) is 6.61 Å². The Bertz CT molecular complexity index is 513. The quantitative estimate of drug-likeness (QED) is 0.827. The standard InChI is InChI=1S/C17H19BrO2/c18-17-9-5-4-6-15(17)12-14(13-19)10-11-20-16-7-2-1-3-8-16/h1-9,14,19H,10-13H2. The van der Waals surface area contributed by atoms with Crippen LogP contribution >= 0.6 is 15.9 Å². The Morgan fingerprint density at radius 2 is 1.70 bits per heavy atom. The second-order valence-electron chi connectivity index (χ2n) is 4.79. The average Bonchev–Trinajstić information content (AvgIpc) is 2.49. The average molecular weight is 335 g/mol. The van der Waals surface area contributed by atoms with E-state index in [2.05, 4.69) is 22.0 Å². The van der Waals surface area contributed by atoms with Crippen LogP contribution in [0.4, 0.5) is 0 Å². The van der Waals surface area contributed by atoms with Gasteiger partial charge in [-0.15, -0.1) is 0 Å². The molecule has 2 aromatic carbocycles. The summed E-state index contributed by atoms with van der Waals surface area (Å²) in [4.78, 5) is 0. The first-order chi connectivity index (χ1) is 9.79. The molecule has 0 bridgehead atoms. The van der Waals surface area contributed by atoms with E-state index in [1.807, 2.05) is 48.5 Å². The Hall–Kier alpha value is -1.32. The molecule has 0 radical (unpaired) electrons. The third-order valence-corrected chi connectivity index (χ3v) is 4.04. The maximum atomic E-state index is 9.50. The summed E-state index contributed by atoms with van der Waals surface area (Å²) < 4.78 is 6.78. The summed E-state index contributed by atoms with van der Waals surface area (Å²) in [6, 6.07) is 17.9. The Balaban J connectivity index is 1.82. The predicted octanol–water partition coefficient (Wildman–Crippen LogP) is 4.07. The number of aliphatic hydroxyl groups excluding tert-OH is 1. The minimum Gasteiger partial charge on any atom is -0.494 e. The van der Waals surface area contributed by atoms with Crippen molar-refractivity contribution in [1.82, 2.24) is 0 Å². The Labute approximate surface area is 128 Å². The molecule has 0 saturated heterocycles. The van der Waals surface area contributed by atoms with E-state index in [1.54, 1.807) is 0 Å². The Morgan fingerprint density at radius 3 is 2.40 bits per heavy atom. The van der Waals surface area contributed by atoms with Gasteiger partial charge in [0.05, 0.1) is 6.61 Å². The summed E-state index contributed by atoms with van der Waals surface area (Å²) in [5.41, 5.74) is 1.23. The summed E-state index contributed by atoms with van der Waals surface area (Å²) >= 11 is 3.55. The van der Waals surface area contributed by atoms with Crippen molar-refractivity contribution >= 4 is 15.9 Å². The molecule has 1 atom stereocenters. The molecule has 2 nitrogen and oxygen atoms in total. The lowest BCUT2D eigenvalue weighted by atomic mass is 9.97. The van der Waals surface area contributed by atoms with Crippen LogP contribution in [-0.4, -0.2) is 18.3 Å². The molecular formula is C17H19BrO2. The number of benzene rings is 2. The van der Waals surface area contributed by atoms with Crippen LogP contribution in [0.25, 0.3) is 0 Å². The molecule has 0 aliphatic rings. The fraction of sp³-hybridized carbons (Fsp3) is 0.294. The van der Waals surface area contributed by atoms with E-state index in [4.69, 9.17) is 4.74 Å². The first-order valence-corrected chi connectivity index (χ1v) is 7.61. The first kappa shape index (κ1) is 15.1. The number of ether oxygens (including phenoxy) is 1. The lowest BCUT2D eigenvalue weighted by Crippen LogP contribution is -2.14. The second kappa shape index (κ2) is 8.08. The molecule has 20 heavy (non-hydrogen) atoms. The molecular weight excluding hydrogens is 316 g/mol. The highest BCUT2D eigenvalue weighted by Gasteiger charge is 2.10. The van der Waals surface area contributed by atoms with Gasteiger partial charge in [-0.3, -0.25) is 0 Å². The molecule has 0 heterocycles. The van der Waals surface area contributed by atoms with E-state index >= 15 is 0 Å². The van der Waals surface area contributed by atoms with Crippen molar-refractivity contribution in [3.05, 3.63) is 64.6 Å². The fourth-order valence-corrected chi connectivity index (χ4v) is 2.54. The molecule has 0 saturated carbocycles. The van der Waals surface area contributed by atoms with E-state index in [1.165, 1.54) is 5.56 Å². The summed E-state index contributed by atoms with van der Waals surface area (Å²) in [7, 11) is 0. The molecule has 106 valence electrons. The number of para-hydroxylation sites is 1. The molecule has 3 heteroatoms. The van der Waals surface area contributed by atoms with Gasteiger partial charge in [0.25, 0.3) is 0 Å². The molecule has 1 N–H and O–H groups in total. The molecule has 0 fully saturated rings. The van der Waals surface area contributed by atoms with Gasteiger partial charge < -0.3 is 9.84 Å². The molecule has 0 amide bonds. The first-order valence-electron chi connectivity index (χ1n) is 6.81. The number of hydrogen-bond donors (Lipinski definition) is 1. The van der Waals surface area contributed by atoms with Crippen molar-refractivity contribution in [3.63, 3.8) is 0 Å². The topological polar surface area (TPSA) is 29.5 Å². The van der Waals surface area contributed by atoms with Crippen LogP contribution < -0.4 is 4.74 Å². The Morgan fingerprint density at radius 1 is 1.00 bits per heavy atom. The molecule has 0 spiro atoms. The lowest BCUT2D eigenvalue weighted by Gasteiger charge is -2.15. The molecule has 0 aliphatic carbocycles. The van der Waals surface area contributed by atoms with Crippen LogP contribution in [0.1, 0.15) is 12.0 Å². The molecule has 1 unspecified atom stereocenters. The van der Waals surface area contributed by atoms with E-state index in [0.717, 1.165) is 23.1 Å². The number of halogens is 1. The zero-order valence-electron chi connectivity index (χ0n) is 11.3. The smallest absolute Gasteiger partial charge is 0.119 e. The van der Waals surface area contributed by atoms with Crippen LogP contribution in [0.5, 0.6) is 5.75 Å². The molecule has 2 aromatic rings. The summed E-state index contributed by atoms with van der Waals surface area (Å²) in [6.45, 7) is 0.805. The minimum atomic E-state index is 0.180. The maximum absolute atomic E-state index is 9.50. The van der Waals surface area contributed by atoms with Gasteiger partial charge in [0.15, 0.2) is 0 Å². The highest BCUT2D eigenvalue weighted by Crippen LogP contribution is 2.21. The maximum Gasteiger partial charge on any atom is 0.119 e. The van der Waals surface area contributed by atoms with Crippen LogP contribution in [0.2, 0.25) is 0 Å². The zero-order valence-corrected chi connectivity index (χ0v) is 12.9. The van der Waals surface area contributed by atoms with Gasteiger partial charge in [-0.05, 0) is 42.5 Å². The summed E-state index contributed by atoms with van der Waals surface area (Å²) in [5, 5.41) is 9.50. The van der Waals surface area contributed by atoms with Gasteiger partial charge in [-0.1, -0.05) is 52.3 Å². The van der Waals surface area contributed by atoms with E-state index < -0.39 is 0 Å². The van der Waals surface area contributed by atoms with E-state index in [-0.39, 0.29) is 12.5 Å². The van der Waals surface area contributed by atoms with Gasteiger partial charge >= 0.3 is 0 Å². The van der Waals surface area contributed by atoms with Crippen molar-refractivity contribution in [2.45, 2.75) is 12.8 Å². The normalized spacial score (nSPS) is 12.1. The van der Waals surface area contributed by atoms with Crippen molar-refractivity contribution < 1.29 is 9.84 Å². The number of hydrogen-bond acceptors (Lipinski definition) is 2. The summed E-state index contributed by atoms with van der Waals surface area (Å²) in [6.07, 6.45) is 1.70. The van der Waals surface area contributed by atoms with Crippen LogP contribution in [0.15, 0.2) is 59.1 Å². The number of rotatable bonds is 7. The van der Waals surface area contributed by atoms with Crippen LogP contribution in [0, 0.1) is 5.92 Å². The van der Waals surface area contributed by atoms with E-state index in [9.17, 15) is 5.11 Å². The van der Waals surface area contributed by atoms with Crippen molar-refractivity contribution in [3.8, 4) is 5.75 Å². The fourth-order valence-electron chi connectivity index (χ4n) is 2.09. The molecule has 0 aliphatic heterocycles. The van der Waals surface area contributed by atoms with Gasteiger partial charge in [-0.25, -0.2) is 0 Å². The highest BCUT2D eigenvalue weighted by atomic mass is 79.9. The van der Waals surface area contributed by atoms with Crippen molar-refractivity contribution in [1.29, 1.82) is 0 Å².